The van der Waals surface area contributed by atoms with Gasteiger partial charge in [-0.15, -0.1) is 0 Å². The largest absolute Gasteiger partial charge is 0.378 e. The Bertz CT molecular complexity index is 1450. The molecule has 1 fully saturated rings. The third-order valence-electron chi connectivity index (χ3n) is 5.99. The van der Waals surface area contributed by atoms with E-state index in [1.807, 2.05) is 35.4 Å². The summed E-state index contributed by atoms with van der Waals surface area (Å²) < 4.78 is 5.37. The third-order valence-corrected chi connectivity index (χ3v) is 5.99. The lowest BCUT2D eigenvalue weighted by Crippen LogP contribution is -2.40. The van der Waals surface area contributed by atoms with E-state index < -0.39 is 0 Å². The third kappa shape index (κ3) is 3.23. The van der Waals surface area contributed by atoms with Crippen molar-refractivity contribution in [1.82, 2.24) is 25.1 Å². The Morgan fingerprint density at radius 1 is 0.969 bits per heavy atom. The molecule has 3 aromatic heterocycles. The molecule has 0 unspecified atom stereocenters. The van der Waals surface area contributed by atoms with Crippen LogP contribution in [0, 0.1) is 0 Å². The van der Waals surface area contributed by atoms with E-state index in [0.717, 1.165) is 38.7 Å². The molecular formula is C25H21N5O2. The number of carbonyl (C=O) groups excluding carboxylic acids is 1. The minimum Gasteiger partial charge on any atom is -0.378 e. The van der Waals surface area contributed by atoms with E-state index in [9.17, 15) is 4.79 Å². The Morgan fingerprint density at radius 2 is 1.88 bits per heavy atom. The van der Waals surface area contributed by atoms with Gasteiger partial charge in [0.1, 0.15) is 0 Å². The van der Waals surface area contributed by atoms with Gasteiger partial charge in [-0.25, -0.2) is 4.98 Å². The number of hydrogen-bond donors (Lipinski definition) is 2. The fraction of sp³-hybridized carbons (Fsp3) is 0.160. The summed E-state index contributed by atoms with van der Waals surface area (Å²) in [5.74, 6) is 0.0347. The van der Waals surface area contributed by atoms with Crippen molar-refractivity contribution in [1.29, 1.82) is 0 Å². The number of hydrogen-bond acceptors (Lipinski definition) is 4. The summed E-state index contributed by atoms with van der Waals surface area (Å²) in [6.45, 7) is 2.42. The van der Waals surface area contributed by atoms with Crippen LogP contribution in [0.15, 0.2) is 67.0 Å². The van der Waals surface area contributed by atoms with Crippen molar-refractivity contribution >= 4 is 27.8 Å². The Hall–Kier alpha value is -3.97. The minimum absolute atomic E-state index is 0.0347. The Labute approximate surface area is 184 Å². The maximum Gasteiger partial charge on any atom is 0.254 e. The molecule has 1 amide bonds. The summed E-state index contributed by atoms with van der Waals surface area (Å²) in [4.78, 5) is 22.6. The Balaban J connectivity index is 1.38. The molecule has 0 atom stereocenters. The molecule has 2 aromatic carbocycles. The number of H-pyrrole nitrogens is 2. The first-order chi connectivity index (χ1) is 15.8. The average molecular weight is 423 g/mol. The molecule has 4 heterocycles. The number of nitrogens with zero attached hydrogens (tertiary/aromatic N) is 3. The quantitative estimate of drug-likeness (QED) is 0.454. The van der Waals surface area contributed by atoms with Gasteiger partial charge < -0.3 is 14.6 Å². The van der Waals surface area contributed by atoms with Gasteiger partial charge in [0.05, 0.1) is 18.9 Å². The van der Waals surface area contributed by atoms with Gasteiger partial charge in [0.2, 0.25) is 0 Å². The first kappa shape index (κ1) is 18.8. The zero-order valence-corrected chi connectivity index (χ0v) is 17.3. The van der Waals surface area contributed by atoms with Crippen molar-refractivity contribution < 1.29 is 9.53 Å². The normalized spacial score (nSPS) is 14.3. The van der Waals surface area contributed by atoms with Crippen LogP contribution in [0.1, 0.15) is 10.4 Å². The second kappa shape index (κ2) is 7.62. The first-order valence-electron chi connectivity index (χ1n) is 10.7. The van der Waals surface area contributed by atoms with E-state index in [1.165, 1.54) is 0 Å². The summed E-state index contributed by atoms with van der Waals surface area (Å²) in [5.41, 5.74) is 6.26. The highest BCUT2D eigenvalue weighted by molar-refractivity contribution is 5.97. The number of morpholine rings is 1. The molecule has 7 nitrogen and oxygen atoms in total. The van der Waals surface area contributed by atoms with E-state index in [4.69, 9.17) is 4.74 Å². The van der Waals surface area contributed by atoms with Gasteiger partial charge in [0.25, 0.3) is 5.91 Å². The van der Waals surface area contributed by atoms with Crippen LogP contribution >= 0.6 is 0 Å². The number of aromatic nitrogens is 4. The van der Waals surface area contributed by atoms with Crippen molar-refractivity contribution in [2.24, 2.45) is 0 Å². The predicted octanol–water partition coefficient (Wildman–Crippen LogP) is 4.25. The van der Waals surface area contributed by atoms with E-state index in [2.05, 4.69) is 50.5 Å². The molecule has 0 spiro atoms. The topological polar surface area (TPSA) is 86.9 Å². The zero-order chi connectivity index (χ0) is 21.5. The van der Waals surface area contributed by atoms with Crippen LogP contribution in [0.2, 0.25) is 0 Å². The molecule has 1 aliphatic rings. The monoisotopic (exact) mass is 423 g/mol. The van der Waals surface area contributed by atoms with Gasteiger partial charge in [-0.2, -0.15) is 5.10 Å². The maximum atomic E-state index is 12.9. The van der Waals surface area contributed by atoms with Crippen LogP contribution < -0.4 is 0 Å². The summed E-state index contributed by atoms with van der Waals surface area (Å²) in [6, 6.07) is 18.1. The van der Waals surface area contributed by atoms with Crippen LogP contribution in [-0.4, -0.2) is 57.3 Å². The number of pyridine rings is 1. The molecule has 1 aliphatic heterocycles. The predicted molar refractivity (Wildman–Crippen MR) is 123 cm³/mol. The first-order valence-corrected chi connectivity index (χ1v) is 10.7. The molecule has 0 bridgehead atoms. The number of rotatable bonds is 3. The highest BCUT2D eigenvalue weighted by Crippen LogP contribution is 2.31. The zero-order valence-electron chi connectivity index (χ0n) is 17.3. The lowest BCUT2D eigenvalue weighted by atomic mass is 10.0. The standard InChI is InChI=1S/C25H21N5O2/c31-25(30-8-10-32-11-9-30)19-3-1-2-17(12-19)20-13-21-23(28-29-24(21)27-15-20)18-5-4-16-6-7-26-22(16)14-18/h1-7,12-15,26H,8-11H2,(H,27,28,29). The lowest BCUT2D eigenvalue weighted by molar-refractivity contribution is 0.0303. The summed E-state index contributed by atoms with van der Waals surface area (Å²) in [6.07, 6.45) is 3.74. The number of ether oxygens (including phenoxy) is 1. The summed E-state index contributed by atoms with van der Waals surface area (Å²) in [7, 11) is 0. The molecule has 0 aliphatic carbocycles. The molecule has 0 radical (unpaired) electrons. The van der Waals surface area contributed by atoms with Gasteiger partial charge >= 0.3 is 0 Å². The average Bonchev–Trinajstić information content (AvgIpc) is 3.50. The fourth-order valence-electron chi connectivity index (χ4n) is 4.26. The number of benzene rings is 2. The number of amides is 1. The van der Waals surface area contributed by atoms with Gasteiger partial charge in [-0.1, -0.05) is 24.3 Å². The number of carbonyl (C=O) groups is 1. The van der Waals surface area contributed by atoms with Gasteiger partial charge in [-0.3, -0.25) is 9.89 Å². The molecule has 5 aromatic rings. The van der Waals surface area contributed by atoms with E-state index in [0.29, 0.717) is 37.5 Å². The van der Waals surface area contributed by atoms with Crippen LogP contribution in [0.25, 0.3) is 44.3 Å². The SMILES string of the molecule is O=C(c1cccc(-c2cnc3n[nH]c(-c4ccc5cc[nH]c5c4)c3c2)c1)N1CCOCC1. The second-order valence-electron chi connectivity index (χ2n) is 7.96. The Morgan fingerprint density at radius 3 is 2.78 bits per heavy atom. The van der Waals surface area contributed by atoms with Crippen LogP contribution in [0.5, 0.6) is 0 Å². The smallest absolute Gasteiger partial charge is 0.254 e. The van der Waals surface area contributed by atoms with Crippen molar-refractivity contribution in [3.63, 3.8) is 0 Å². The fourth-order valence-corrected chi connectivity index (χ4v) is 4.26. The molecule has 1 saturated heterocycles. The highest BCUT2D eigenvalue weighted by atomic mass is 16.5. The van der Waals surface area contributed by atoms with Crippen LogP contribution in [-0.2, 0) is 4.74 Å². The molecule has 158 valence electrons. The maximum absolute atomic E-state index is 12.9. The Kier molecular flexibility index (Phi) is 4.47. The minimum atomic E-state index is 0.0347. The second-order valence-corrected chi connectivity index (χ2v) is 7.96. The number of aromatic amines is 2. The van der Waals surface area contributed by atoms with Gasteiger partial charge in [0.15, 0.2) is 5.65 Å². The summed E-state index contributed by atoms with van der Waals surface area (Å²) in [5, 5.41) is 9.63. The number of nitrogens with one attached hydrogen (secondary N) is 2. The van der Waals surface area contributed by atoms with Crippen molar-refractivity contribution in [3.05, 3.63) is 72.6 Å². The van der Waals surface area contributed by atoms with Crippen molar-refractivity contribution in [3.8, 4) is 22.4 Å². The number of fused-ring (bicyclic) bond motifs is 2. The molecular weight excluding hydrogens is 402 g/mol. The van der Waals surface area contributed by atoms with Crippen molar-refractivity contribution in [2.45, 2.75) is 0 Å². The lowest BCUT2D eigenvalue weighted by Gasteiger charge is -2.27. The summed E-state index contributed by atoms with van der Waals surface area (Å²) >= 11 is 0. The van der Waals surface area contributed by atoms with Gasteiger partial charge in [0, 0.05) is 53.1 Å². The van der Waals surface area contributed by atoms with Crippen LogP contribution in [0.3, 0.4) is 0 Å². The highest BCUT2D eigenvalue weighted by Gasteiger charge is 2.19. The van der Waals surface area contributed by atoms with E-state index in [1.54, 1.807) is 6.20 Å². The molecule has 2 N–H and O–H groups in total. The van der Waals surface area contributed by atoms with Gasteiger partial charge in [-0.05, 0) is 41.3 Å². The molecule has 7 heteroatoms. The van der Waals surface area contributed by atoms with Crippen LogP contribution in [0.4, 0.5) is 0 Å². The molecule has 32 heavy (non-hydrogen) atoms. The van der Waals surface area contributed by atoms with E-state index >= 15 is 0 Å². The molecule has 0 saturated carbocycles. The van der Waals surface area contributed by atoms with E-state index in [-0.39, 0.29) is 5.91 Å². The molecule has 6 rings (SSSR count). The van der Waals surface area contributed by atoms with Crippen molar-refractivity contribution in [2.75, 3.05) is 26.3 Å².